The van der Waals surface area contributed by atoms with E-state index in [-0.39, 0.29) is 46.7 Å². The molecule has 0 aliphatic heterocycles. The van der Waals surface area contributed by atoms with Crippen LogP contribution >= 0.6 is 0 Å². The largest absolute Gasteiger partial charge is 0.497 e. The minimum Gasteiger partial charge on any atom is -0.497 e. The Morgan fingerprint density at radius 2 is 1.45 bits per heavy atom. The van der Waals surface area contributed by atoms with Gasteiger partial charge in [0.15, 0.2) is 11.5 Å². The molecule has 4 aromatic carbocycles. The molecule has 4 aromatic rings. The van der Waals surface area contributed by atoms with Crippen LogP contribution in [0.5, 0.6) is 23.0 Å². The number of ether oxygens (including phenoxy) is 4. The van der Waals surface area contributed by atoms with Crippen molar-refractivity contribution in [2.24, 2.45) is 0 Å². The van der Waals surface area contributed by atoms with E-state index >= 15 is 4.39 Å². The van der Waals surface area contributed by atoms with Gasteiger partial charge >= 0.3 is 0 Å². The van der Waals surface area contributed by atoms with Gasteiger partial charge in [-0.1, -0.05) is 55.5 Å². The molecule has 0 saturated heterocycles. The van der Waals surface area contributed by atoms with E-state index in [2.05, 4.69) is 5.32 Å². The van der Waals surface area contributed by atoms with Crippen LogP contribution in [-0.4, -0.2) is 72.2 Å². The summed E-state index contributed by atoms with van der Waals surface area (Å²) in [5, 5.41) is 2.96. The van der Waals surface area contributed by atoms with Gasteiger partial charge in [-0.05, 0) is 49.2 Å². The molecule has 2 unspecified atom stereocenters. The Hall–Kier alpha value is -5.30. The van der Waals surface area contributed by atoms with Crippen molar-refractivity contribution in [1.82, 2.24) is 10.2 Å². The van der Waals surface area contributed by atoms with Crippen molar-refractivity contribution in [2.75, 3.05) is 39.3 Å². The first-order chi connectivity index (χ1) is 24.5. The lowest BCUT2D eigenvalue weighted by Gasteiger charge is -2.34. The molecule has 0 aromatic heterocycles. The van der Waals surface area contributed by atoms with Gasteiger partial charge in [-0.3, -0.25) is 13.9 Å². The Kier molecular flexibility index (Phi) is 13.3. The Balaban J connectivity index is 1.91. The summed E-state index contributed by atoms with van der Waals surface area (Å²) in [4.78, 5) is 29.8. The fraction of sp³-hybridized carbons (Fsp3) is 0.316. The topological polar surface area (TPSA) is 124 Å². The Bertz CT molecular complexity index is 1910. The lowest BCUT2D eigenvalue weighted by atomic mass is 10.0. The number of methoxy groups -OCH3 is 4. The number of halogens is 1. The van der Waals surface area contributed by atoms with Crippen LogP contribution in [0, 0.1) is 5.82 Å². The van der Waals surface area contributed by atoms with Crippen LogP contribution in [0.25, 0.3) is 0 Å². The summed E-state index contributed by atoms with van der Waals surface area (Å²) in [5.41, 5.74) is 0.889. The Morgan fingerprint density at radius 3 is 2.08 bits per heavy atom. The zero-order chi connectivity index (χ0) is 37.1. The monoisotopic (exact) mass is 721 g/mol. The molecular weight excluding hydrogens is 677 g/mol. The molecule has 0 saturated carbocycles. The highest BCUT2D eigenvalue weighted by Crippen LogP contribution is 2.38. The number of hydrogen-bond acceptors (Lipinski definition) is 8. The van der Waals surface area contributed by atoms with E-state index in [9.17, 15) is 18.0 Å². The maximum atomic E-state index is 15.2. The molecule has 2 atom stereocenters. The number of nitrogens with zero attached hydrogens (tertiary/aromatic N) is 2. The quantitative estimate of drug-likeness (QED) is 0.149. The Morgan fingerprint density at radius 1 is 0.804 bits per heavy atom. The van der Waals surface area contributed by atoms with E-state index in [4.69, 9.17) is 18.9 Å². The summed E-state index contributed by atoms with van der Waals surface area (Å²) >= 11 is 0. The third kappa shape index (κ3) is 9.28. The minimum absolute atomic E-state index is 0.00510. The van der Waals surface area contributed by atoms with E-state index in [1.807, 2.05) is 44.2 Å². The number of carbonyl (C=O) groups is 2. The van der Waals surface area contributed by atoms with Crippen molar-refractivity contribution in [1.29, 1.82) is 0 Å². The molecular formula is C38H44FN3O8S. The minimum atomic E-state index is -4.57. The molecule has 4 rings (SSSR count). The molecule has 0 fully saturated rings. The highest BCUT2D eigenvalue weighted by Gasteiger charge is 2.36. The fourth-order valence-electron chi connectivity index (χ4n) is 5.41. The second-order valence-electron chi connectivity index (χ2n) is 11.7. The van der Waals surface area contributed by atoms with Crippen molar-refractivity contribution in [2.45, 2.75) is 50.2 Å². The Labute approximate surface area is 298 Å². The van der Waals surface area contributed by atoms with Crippen molar-refractivity contribution in [3.05, 3.63) is 108 Å². The third-order valence-electron chi connectivity index (χ3n) is 8.45. The molecule has 0 bridgehead atoms. The molecule has 1 N–H and O–H groups in total. The summed E-state index contributed by atoms with van der Waals surface area (Å²) in [6, 6.07) is 22.3. The van der Waals surface area contributed by atoms with Gasteiger partial charge in [-0.15, -0.1) is 0 Å². The van der Waals surface area contributed by atoms with Gasteiger partial charge in [0.2, 0.25) is 11.8 Å². The number of anilines is 1. The molecule has 0 heterocycles. The lowest BCUT2D eigenvalue weighted by molar-refractivity contribution is -0.140. The SMILES string of the molecule is CCC(C)NC(=O)C(Cc1ccccc1)N(Cc1ccccc1F)C(=O)CN(c1cc(OC)ccc1OC)S(=O)(=O)c1ccc(OC)c(OC)c1. The van der Waals surface area contributed by atoms with E-state index in [1.165, 1.54) is 81.9 Å². The first-order valence-electron chi connectivity index (χ1n) is 16.3. The summed E-state index contributed by atoms with van der Waals surface area (Å²) in [5.74, 6) is -0.954. The predicted octanol–water partition coefficient (Wildman–Crippen LogP) is 5.61. The molecule has 2 amide bonds. The molecule has 0 spiro atoms. The van der Waals surface area contributed by atoms with Crippen molar-refractivity contribution >= 4 is 27.5 Å². The zero-order valence-electron chi connectivity index (χ0n) is 29.6. The molecule has 0 radical (unpaired) electrons. The van der Waals surface area contributed by atoms with Gasteiger partial charge in [0.25, 0.3) is 10.0 Å². The van der Waals surface area contributed by atoms with Gasteiger partial charge in [0.05, 0.1) is 39.0 Å². The zero-order valence-corrected chi connectivity index (χ0v) is 30.4. The highest BCUT2D eigenvalue weighted by molar-refractivity contribution is 7.92. The standard InChI is InChI=1S/C38H44FN3O8S/c1-7-26(2)40-38(44)33(21-27-13-9-8-10-14-27)41(24-28-15-11-12-16-31(28)39)37(43)25-42(32-22-29(47-3)17-19-34(32)48-4)51(45,46)30-18-20-35(49-5)36(23-30)50-6/h8-20,22-23,26,33H,7,21,24-25H2,1-6H3,(H,40,44). The van der Waals surface area contributed by atoms with Gasteiger partial charge < -0.3 is 29.2 Å². The van der Waals surface area contributed by atoms with Crippen LogP contribution in [0.1, 0.15) is 31.4 Å². The highest BCUT2D eigenvalue weighted by atomic mass is 32.2. The average Bonchev–Trinajstić information content (AvgIpc) is 3.15. The van der Waals surface area contributed by atoms with Gasteiger partial charge in [0.1, 0.15) is 29.9 Å². The molecule has 13 heteroatoms. The maximum Gasteiger partial charge on any atom is 0.265 e. The average molecular weight is 722 g/mol. The van der Waals surface area contributed by atoms with Crippen molar-refractivity contribution < 1.29 is 41.3 Å². The smallest absolute Gasteiger partial charge is 0.265 e. The van der Waals surface area contributed by atoms with Crippen LogP contribution in [0.15, 0.2) is 95.9 Å². The predicted molar refractivity (Wildman–Crippen MR) is 192 cm³/mol. The lowest BCUT2D eigenvalue weighted by Crippen LogP contribution is -2.54. The third-order valence-corrected chi connectivity index (χ3v) is 10.2. The van der Waals surface area contributed by atoms with Crippen LogP contribution in [0.4, 0.5) is 10.1 Å². The first kappa shape index (κ1) is 38.5. The summed E-state index contributed by atoms with van der Waals surface area (Å²) in [7, 11) is 1.02. The van der Waals surface area contributed by atoms with Crippen molar-refractivity contribution in [3.63, 3.8) is 0 Å². The molecule has 11 nitrogen and oxygen atoms in total. The summed E-state index contributed by atoms with van der Waals surface area (Å²) in [6.45, 7) is 2.64. The van der Waals surface area contributed by atoms with Crippen molar-refractivity contribution in [3.8, 4) is 23.0 Å². The number of rotatable bonds is 17. The summed E-state index contributed by atoms with van der Waals surface area (Å²) < 4.78 is 67.1. The van der Waals surface area contributed by atoms with Crippen LogP contribution in [0.3, 0.4) is 0 Å². The van der Waals surface area contributed by atoms with E-state index in [0.717, 1.165) is 9.87 Å². The van der Waals surface area contributed by atoms with E-state index in [1.54, 1.807) is 12.1 Å². The maximum absolute atomic E-state index is 15.2. The number of amides is 2. The molecule has 0 aliphatic rings. The second kappa shape index (κ2) is 17.6. The number of sulfonamides is 1. The van der Waals surface area contributed by atoms with Crippen LogP contribution in [0.2, 0.25) is 0 Å². The first-order valence-corrected chi connectivity index (χ1v) is 17.7. The second-order valence-corrected chi connectivity index (χ2v) is 13.6. The fourth-order valence-corrected chi connectivity index (χ4v) is 6.85. The van der Waals surface area contributed by atoms with Gasteiger partial charge in [-0.25, -0.2) is 12.8 Å². The molecule has 0 aliphatic carbocycles. The number of hydrogen-bond donors (Lipinski definition) is 1. The van der Waals surface area contributed by atoms with E-state index in [0.29, 0.717) is 17.9 Å². The molecule has 51 heavy (non-hydrogen) atoms. The number of benzene rings is 4. The van der Waals surface area contributed by atoms with Crippen LogP contribution in [-0.2, 0) is 32.6 Å². The molecule has 272 valence electrons. The number of nitrogens with one attached hydrogen (secondary N) is 1. The number of carbonyl (C=O) groups excluding carboxylic acids is 2. The van der Waals surface area contributed by atoms with Crippen LogP contribution < -0.4 is 28.6 Å². The van der Waals surface area contributed by atoms with E-state index < -0.39 is 40.2 Å². The van der Waals surface area contributed by atoms with Gasteiger partial charge in [-0.2, -0.15) is 0 Å². The normalized spacial score (nSPS) is 12.3. The van der Waals surface area contributed by atoms with Gasteiger partial charge in [0, 0.05) is 36.7 Å². The summed E-state index contributed by atoms with van der Waals surface area (Å²) in [6.07, 6.45) is 0.701.